The van der Waals surface area contributed by atoms with Crippen molar-refractivity contribution in [3.8, 4) is 11.9 Å². The minimum absolute atomic E-state index is 0.0818. The average Bonchev–Trinajstić information content (AvgIpc) is 3.09. The highest BCUT2D eigenvalue weighted by atomic mass is 16.6. The quantitative estimate of drug-likeness (QED) is 0.832. The van der Waals surface area contributed by atoms with Gasteiger partial charge in [0.05, 0.1) is 6.07 Å². The monoisotopic (exact) mass is 379 g/mol. The van der Waals surface area contributed by atoms with Gasteiger partial charge in [-0.25, -0.2) is 4.79 Å². The summed E-state index contributed by atoms with van der Waals surface area (Å²) >= 11 is 0. The number of carbonyl (C=O) groups is 1. The lowest BCUT2D eigenvalue weighted by Gasteiger charge is -2.45. The average molecular weight is 379 g/mol. The van der Waals surface area contributed by atoms with Gasteiger partial charge in [0.2, 0.25) is 11.8 Å². The van der Waals surface area contributed by atoms with Gasteiger partial charge < -0.3 is 14.4 Å². The normalized spacial score (nSPS) is 20.2. The molecule has 1 atom stereocenters. The first kappa shape index (κ1) is 18.0. The fourth-order valence-corrected chi connectivity index (χ4v) is 4.25. The molecule has 8 heteroatoms. The Hall–Kier alpha value is -3.34. The lowest BCUT2D eigenvalue weighted by molar-refractivity contribution is 0.0723. The highest BCUT2D eigenvalue weighted by molar-refractivity contribution is 5.85. The molecule has 2 aromatic rings. The van der Waals surface area contributed by atoms with Crippen molar-refractivity contribution in [2.24, 2.45) is 5.92 Å². The predicted molar refractivity (Wildman–Crippen MR) is 99.9 cm³/mol. The van der Waals surface area contributed by atoms with E-state index < -0.39 is 11.3 Å². The molecular formula is C20H21N5O3. The Morgan fingerprint density at radius 1 is 1.43 bits per heavy atom. The van der Waals surface area contributed by atoms with Gasteiger partial charge in [0.1, 0.15) is 12.5 Å². The summed E-state index contributed by atoms with van der Waals surface area (Å²) < 4.78 is 10.9. The van der Waals surface area contributed by atoms with E-state index in [9.17, 15) is 10.1 Å². The van der Waals surface area contributed by atoms with Gasteiger partial charge in [-0.05, 0) is 25.3 Å². The Morgan fingerprint density at radius 3 is 2.82 bits per heavy atom. The lowest BCUT2D eigenvalue weighted by atomic mass is 9.63. The minimum atomic E-state index is -0.696. The number of nitriles is 1. The first-order valence-electron chi connectivity index (χ1n) is 9.22. The van der Waals surface area contributed by atoms with Gasteiger partial charge in [-0.2, -0.15) is 5.26 Å². The molecule has 0 radical (unpaired) electrons. The maximum atomic E-state index is 12.5. The number of nitrogens with zero attached hydrogens (tertiary/aromatic N) is 3. The fraction of sp³-hybridized carbons (Fsp3) is 0.400. The number of hydrogen-bond acceptors (Lipinski definition) is 6. The number of fused-ring (bicyclic) bond motifs is 2. The molecule has 2 aliphatic heterocycles. The van der Waals surface area contributed by atoms with Gasteiger partial charge in [-0.3, -0.25) is 10.5 Å². The summed E-state index contributed by atoms with van der Waals surface area (Å²) in [5, 5.41) is 24.9. The van der Waals surface area contributed by atoms with Crippen molar-refractivity contribution in [2.45, 2.75) is 31.8 Å². The first-order chi connectivity index (χ1) is 13.5. The zero-order chi connectivity index (χ0) is 19.7. The molecule has 1 fully saturated rings. The number of aromatic nitrogens is 2. The van der Waals surface area contributed by atoms with Crippen LogP contribution in [0.25, 0.3) is 0 Å². The number of rotatable bonds is 2. The molecule has 8 nitrogen and oxygen atoms in total. The maximum Gasteiger partial charge on any atom is 0.410 e. The van der Waals surface area contributed by atoms with E-state index in [1.807, 2.05) is 37.3 Å². The van der Waals surface area contributed by atoms with Crippen LogP contribution < -0.4 is 4.74 Å². The number of hydrogen-bond donors (Lipinski definition) is 2. The zero-order valence-corrected chi connectivity index (χ0v) is 15.6. The molecular weight excluding hydrogens is 358 g/mol. The number of aromatic amines is 1. The Labute approximate surface area is 162 Å². The van der Waals surface area contributed by atoms with Gasteiger partial charge in [-0.1, -0.05) is 30.3 Å². The number of piperidine rings is 1. The fourth-order valence-electron chi connectivity index (χ4n) is 4.25. The highest BCUT2D eigenvalue weighted by Gasteiger charge is 2.53. The van der Waals surface area contributed by atoms with Crippen LogP contribution in [-0.4, -0.2) is 40.2 Å². The van der Waals surface area contributed by atoms with Crippen molar-refractivity contribution in [3.63, 3.8) is 0 Å². The third-order valence-corrected chi connectivity index (χ3v) is 5.68. The van der Waals surface area contributed by atoms with Crippen molar-refractivity contribution in [3.05, 3.63) is 47.2 Å². The standard InChI is InChI=1S/C20H21N5O3/c1-13-16-18(24-23-13)28-17(22)15(11-21)20(16)7-9-25(10-8-20)19(26)27-12-14-5-3-2-4-6-14/h2-6,15,22H,7-10,12H2,1H3,(H,23,24). The van der Waals surface area contributed by atoms with Crippen molar-refractivity contribution in [1.29, 1.82) is 10.7 Å². The summed E-state index contributed by atoms with van der Waals surface area (Å²) in [6, 6.07) is 11.8. The molecule has 1 amide bonds. The Balaban J connectivity index is 1.49. The maximum absolute atomic E-state index is 12.5. The van der Waals surface area contributed by atoms with Crippen LogP contribution in [-0.2, 0) is 16.8 Å². The Kier molecular flexibility index (Phi) is 4.51. The van der Waals surface area contributed by atoms with Crippen LogP contribution in [0.5, 0.6) is 5.88 Å². The van der Waals surface area contributed by atoms with Gasteiger partial charge in [-0.15, -0.1) is 5.10 Å². The van der Waals surface area contributed by atoms with E-state index in [2.05, 4.69) is 16.3 Å². The minimum Gasteiger partial charge on any atom is -0.445 e. The lowest BCUT2D eigenvalue weighted by Crippen LogP contribution is -2.53. The predicted octanol–water partition coefficient (Wildman–Crippen LogP) is 2.90. The van der Waals surface area contributed by atoms with Crippen LogP contribution in [0.15, 0.2) is 30.3 Å². The van der Waals surface area contributed by atoms with E-state index in [0.29, 0.717) is 31.8 Å². The molecule has 0 aliphatic carbocycles. The smallest absolute Gasteiger partial charge is 0.410 e. The number of benzene rings is 1. The summed E-state index contributed by atoms with van der Waals surface area (Å²) in [5.41, 5.74) is 2.05. The number of ether oxygens (including phenoxy) is 2. The summed E-state index contributed by atoms with van der Waals surface area (Å²) in [5.74, 6) is -0.408. The summed E-state index contributed by atoms with van der Waals surface area (Å²) in [7, 11) is 0. The van der Waals surface area contributed by atoms with Gasteiger partial charge in [0.25, 0.3) is 0 Å². The van der Waals surface area contributed by atoms with E-state index in [0.717, 1.165) is 16.8 Å². The molecule has 144 valence electrons. The molecule has 2 N–H and O–H groups in total. The van der Waals surface area contributed by atoms with Crippen molar-refractivity contribution in [1.82, 2.24) is 15.1 Å². The Bertz CT molecular complexity index is 938. The van der Waals surface area contributed by atoms with E-state index in [1.165, 1.54) is 0 Å². The van der Waals surface area contributed by atoms with Gasteiger partial charge in [0, 0.05) is 29.8 Å². The van der Waals surface area contributed by atoms with Crippen LogP contribution in [0.1, 0.15) is 29.7 Å². The largest absolute Gasteiger partial charge is 0.445 e. The van der Waals surface area contributed by atoms with Gasteiger partial charge in [0.15, 0.2) is 0 Å². The second-order valence-electron chi connectivity index (χ2n) is 7.24. The van der Waals surface area contributed by atoms with Crippen LogP contribution in [0.4, 0.5) is 4.79 Å². The molecule has 1 aromatic heterocycles. The molecule has 1 saturated heterocycles. The number of aryl methyl sites for hydroxylation is 1. The summed E-state index contributed by atoms with van der Waals surface area (Å²) in [4.78, 5) is 14.1. The molecule has 1 unspecified atom stereocenters. The number of nitrogens with one attached hydrogen (secondary N) is 2. The highest BCUT2D eigenvalue weighted by Crippen LogP contribution is 2.49. The van der Waals surface area contributed by atoms with Crippen molar-refractivity contribution < 1.29 is 14.3 Å². The molecule has 3 heterocycles. The molecule has 28 heavy (non-hydrogen) atoms. The van der Waals surface area contributed by atoms with Crippen LogP contribution in [0.3, 0.4) is 0 Å². The molecule has 0 bridgehead atoms. The third-order valence-electron chi connectivity index (χ3n) is 5.68. The second-order valence-corrected chi connectivity index (χ2v) is 7.24. The summed E-state index contributed by atoms with van der Waals surface area (Å²) in [6.07, 6.45) is 0.730. The van der Waals surface area contributed by atoms with Gasteiger partial charge >= 0.3 is 6.09 Å². The molecule has 0 saturated carbocycles. The number of amides is 1. The van der Waals surface area contributed by atoms with E-state index >= 15 is 0 Å². The van der Waals surface area contributed by atoms with Crippen LogP contribution in [0.2, 0.25) is 0 Å². The van der Waals surface area contributed by atoms with Crippen LogP contribution in [0, 0.1) is 29.6 Å². The SMILES string of the molecule is Cc1[nH]nc2c1C1(CCN(C(=O)OCc3ccccc3)CC1)C(C#N)C(=N)O2. The van der Waals surface area contributed by atoms with E-state index in [-0.39, 0.29) is 18.6 Å². The molecule has 1 spiro atoms. The van der Waals surface area contributed by atoms with Crippen molar-refractivity contribution in [2.75, 3.05) is 13.1 Å². The Morgan fingerprint density at radius 2 is 2.14 bits per heavy atom. The van der Waals surface area contributed by atoms with Crippen molar-refractivity contribution >= 4 is 12.0 Å². The van der Waals surface area contributed by atoms with E-state index in [4.69, 9.17) is 14.9 Å². The second kappa shape index (κ2) is 7.00. The topological polar surface area (TPSA) is 115 Å². The molecule has 4 rings (SSSR count). The first-order valence-corrected chi connectivity index (χ1v) is 9.22. The number of H-pyrrole nitrogens is 1. The number of likely N-dealkylation sites (tertiary alicyclic amines) is 1. The molecule has 2 aliphatic rings. The zero-order valence-electron chi connectivity index (χ0n) is 15.6. The van der Waals surface area contributed by atoms with E-state index in [1.54, 1.807) is 4.90 Å². The summed E-state index contributed by atoms with van der Waals surface area (Å²) in [6.45, 7) is 3.01. The third kappa shape index (κ3) is 2.89. The number of carbonyl (C=O) groups excluding carboxylic acids is 1. The van der Waals surface area contributed by atoms with Crippen LogP contribution >= 0.6 is 0 Å². The molecule has 1 aromatic carbocycles.